The normalized spacial score (nSPS) is 25.1. The van der Waals surface area contributed by atoms with Crippen molar-refractivity contribution in [1.82, 2.24) is 4.90 Å². The van der Waals surface area contributed by atoms with Crippen LogP contribution in [0.4, 0.5) is 0 Å². The number of carboxylic acid groups (broad SMARTS) is 1. The fraction of sp³-hybridized carbons (Fsp3) is 0.727. The third-order valence-corrected chi connectivity index (χ3v) is 3.40. The Morgan fingerprint density at radius 3 is 2.35 bits per heavy atom. The van der Waals surface area contributed by atoms with Gasteiger partial charge in [0.05, 0.1) is 0 Å². The van der Waals surface area contributed by atoms with E-state index in [0.717, 1.165) is 4.90 Å². The summed E-state index contributed by atoms with van der Waals surface area (Å²) in [5.41, 5.74) is 3.62. The molecule has 0 aromatic rings. The molecule has 1 aliphatic rings. The van der Waals surface area contributed by atoms with Gasteiger partial charge in [0.25, 0.3) is 0 Å². The van der Waals surface area contributed by atoms with Crippen LogP contribution < -0.4 is 5.73 Å². The molecule has 0 unspecified atom stereocenters. The number of carbonyl (C=O) groups is 3. The highest BCUT2D eigenvalue weighted by atomic mass is 16.4. The zero-order valence-corrected chi connectivity index (χ0v) is 10.3. The molecule has 2 amide bonds. The highest BCUT2D eigenvalue weighted by Gasteiger charge is 2.57. The summed E-state index contributed by atoms with van der Waals surface area (Å²) in [6, 6.07) is 0. The molecule has 96 valence electrons. The Morgan fingerprint density at radius 2 is 2.00 bits per heavy atom. The van der Waals surface area contributed by atoms with Gasteiger partial charge in [-0.1, -0.05) is 20.8 Å². The molecule has 0 aromatic carbocycles. The largest absolute Gasteiger partial charge is 0.480 e. The van der Waals surface area contributed by atoms with Crippen LogP contribution in [0, 0.1) is 5.41 Å². The summed E-state index contributed by atoms with van der Waals surface area (Å²) in [4.78, 5) is 35.4. The van der Waals surface area contributed by atoms with Crippen molar-refractivity contribution in [3.05, 3.63) is 0 Å². The molecule has 1 aliphatic heterocycles. The molecule has 1 atom stereocenters. The first-order valence-corrected chi connectivity index (χ1v) is 5.45. The summed E-state index contributed by atoms with van der Waals surface area (Å²) >= 11 is 0. The molecular weight excluding hydrogens is 224 g/mol. The van der Waals surface area contributed by atoms with E-state index in [9.17, 15) is 14.4 Å². The molecule has 1 heterocycles. The number of hydrogen-bond donors (Lipinski definition) is 2. The van der Waals surface area contributed by atoms with Gasteiger partial charge in [-0.15, -0.1) is 0 Å². The average Bonchev–Trinajstić information content (AvgIpc) is 2.43. The second-order valence-corrected chi connectivity index (χ2v) is 5.35. The third kappa shape index (κ3) is 1.99. The summed E-state index contributed by atoms with van der Waals surface area (Å²) in [6.45, 7) is 4.86. The number of rotatable bonds is 3. The number of hydrogen-bond acceptors (Lipinski definition) is 3. The maximum atomic E-state index is 11.7. The molecule has 3 N–H and O–H groups in total. The Balaban J connectivity index is 3.25. The van der Waals surface area contributed by atoms with Gasteiger partial charge in [0.1, 0.15) is 12.1 Å². The van der Waals surface area contributed by atoms with E-state index in [0.29, 0.717) is 0 Å². The van der Waals surface area contributed by atoms with Gasteiger partial charge in [-0.05, 0) is 11.8 Å². The van der Waals surface area contributed by atoms with E-state index < -0.39 is 29.4 Å². The lowest BCUT2D eigenvalue weighted by atomic mass is 9.71. The van der Waals surface area contributed by atoms with E-state index in [2.05, 4.69) is 0 Å². The first-order chi connectivity index (χ1) is 7.63. The maximum absolute atomic E-state index is 11.7. The molecule has 17 heavy (non-hydrogen) atoms. The van der Waals surface area contributed by atoms with Crippen LogP contribution in [0.15, 0.2) is 0 Å². The summed E-state index contributed by atoms with van der Waals surface area (Å²) in [7, 11) is 0. The standard InChI is InChI=1S/C11H18N2O4/c1-10(2,3)11(9(12)17)5-4-7(14)13(11)6-8(15)16/h4-6H2,1-3H3,(H2,12,17)(H,15,16)/t11-/m1/s1. The smallest absolute Gasteiger partial charge is 0.323 e. The van der Waals surface area contributed by atoms with Crippen LogP contribution in [0.2, 0.25) is 0 Å². The van der Waals surface area contributed by atoms with Crippen LogP contribution in [0.25, 0.3) is 0 Å². The molecule has 1 fully saturated rings. The lowest BCUT2D eigenvalue weighted by Crippen LogP contribution is -2.63. The number of carbonyl (C=O) groups excluding carboxylic acids is 2. The number of likely N-dealkylation sites (tertiary alicyclic amines) is 1. The lowest BCUT2D eigenvalue weighted by molar-refractivity contribution is -0.153. The number of carboxylic acids is 1. The molecule has 0 radical (unpaired) electrons. The van der Waals surface area contributed by atoms with Crippen LogP contribution in [0.3, 0.4) is 0 Å². The Bertz CT molecular complexity index is 372. The number of nitrogens with two attached hydrogens (primary N) is 1. The van der Waals surface area contributed by atoms with E-state index in [-0.39, 0.29) is 18.7 Å². The highest BCUT2D eigenvalue weighted by molar-refractivity contribution is 5.96. The molecule has 0 saturated carbocycles. The van der Waals surface area contributed by atoms with Crippen molar-refractivity contribution in [2.75, 3.05) is 6.54 Å². The fourth-order valence-electron chi connectivity index (χ4n) is 2.53. The summed E-state index contributed by atoms with van der Waals surface area (Å²) < 4.78 is 0. The molecule has 0 spiro atoms. The Kier molecular flexibility index (Phi) is 3.18. The predicted molar refractivity (Wildman–Crippen MR) is 60.0 cm³/mol. The zero-order chi connectivity index (χ0) is 13.4. The van der Waals surface area contributed by atoms with Gasteiger partial charge in [0, 0.05) is 6.42 Å². The van der Waals surface area contributed by atoms with E-state index in [4.69, 9.17) is 10.8 Å². The SMILES string of the molecule is CC(C)(C)[C@]1(C(N)=O)CCC(=O)N1CC(=O)O. The molecule has 0 aromatic heterocycles. The lowest BCUT2D eigenvalue weighted by Gasteiger charge is -2.44. The molecule has 6 nitrogen and oxygen atoms in total. The molecule has 1 rings (SSSR count). The van der Waals surface area contributed by atoms with Crippen LogP contribution in [-0.4, -0.2) is 39.9 Å². The van der Waals surface area contributed by atoms with Gasteiger partial charge in [0.15, 0.2) is 0 Å². The minimum atomic E-state index is -1.21. The predicted octanol–water partition coefficient (Wildman–Crippen LogP) is -0.0364. The average molecular weight is 242 g/mol. The molecule has 0 bridgehead atoms. The molecular formula is C11H18N2O4. The second-order valence-electron chi connectivity index (χ2n) is 5.35. The quantitative estimate of drug-likeness (QED) is 0.725. The van der Waals surface area contributed by atoms with Crippen molar-refractivity contribution in [3.63, 3.8) is 0 Å². The van der Waals surface area contributed by atoms with Crippen molar-refractivity contribution in [2.45, 2.75) is 39.2 Å². The van der Waals surface area contributed by atoms with Crippen LogP contribution in [0.5, 0.6) is 0 Å². The molecule has 6 heteroatoms. The minimum Gasteiger partial charge on any atom is -0.480 e. The topological polar surface area (TPSA) is 101 Å². The minimum absolute atomic E-state index is 0.160. The van der Waals surface area contributed by atoms with E-state index >= 15 is 0 Å². The zero-order valence-electron chi connectivity index (χ0n) is 10.3. The van der Waals surface area contributed by atoms with Gasteiger partial charge in [-0.25, -0.2) is 0 Å². The number of nitrogens with zero attached hydrogens (tertiary/aromatic N) is 1. The summed E-state index contributed by atoms with van der Waals surface area (Å²) in [5, 5.41) is 8.83. The Hall–Kier alpha value is -1.59. The summed E-state index contributed by atoms with van der Waals surface area (Å²) in [5.74, 6) is -2.12. The van der Waals surface area contributed by atoms with Gasteiger partial charge in [-0.3, -0.25) is 14.4 Å². The monoisotopic (exact) mass is 242 g/mol. The number of amides is 2. The van der Waals surface area contributed by atoms with Crippen molar-refractivity contribution in [3.8, 4) is 0 Å². The van der Waals surface area contributed by atoms with Gasteiger partial charge in [-0.2, -0.15) is 0 Å². The Morgan fingerprint density at radius 1 is 1.47 bits per heavy atom. The first-order valence-electron chi connectivity index (χ1n) is 5.45. The third-order valence-electron chi connectivity index (χ3n) is 3.40. The fourth-order valence-corrected chi connectivity index (χ4v) is 2.53. The van der Waals surface area contributed by atoms with Crippen LogP contribution in [-0.2, 0) is 14.4 Å². The highest BCUT2D eigenvalue weighted by Crippen LogP contribution is 2.43. The molecule has 1 saturated heterocycles. The summed E-state index contributed by atoms with van der Waals surface area (Å²) in [6.07, 6.45) is 0.436. The van der Waals surface area contributed by atoms with E-state index in [1.54, 1.807) is 20.8 Å². The first kappa shape index (κ1) is 13.5. The maximum Gasteiger partial charge on any atom is 0.323 e. The molecule has 0 aliphatic carbocycles. The second kappa shape index (κ2) is 4.01. The van der Waals surface area contributed by atoms with E-state index in [1.165, 1.54) is 0 Å². The van der Waals surface area contributed by atoms with Crippen molar-refractivity contribution in [1.29, 1.82) is 0 Å². The van der Waals surface area contributed by atoms with Crippen LogP contribution >= 0.6 is 0 Å². The number of aliphatic carboxylic acids is 1. The van der Waals surface area contributed by atoms with Crippen molar-refractivity contribution < 1.29 is 19.5 Å². The van der Waals surface area contributed by atoms with Crippen molar-refractivity contribution >= 4 is 17.8 Å². The van der Waals surface area contributed by atoms with E-state index in [1.807, 2.05) is 0 Å². The van der Waals surface area contributed by atoms with Gasteiger partial charge < -0.3 is 15.7 Å². The van der Waals surface area contributed by atoms with Crippen molar-refractivity contribution in [2.24, 2.45) is 11.1 Å². The Labute approximate surface area is 99.8 Å². The van der Waals surface area contributed by atoms with Crippen LogP contribution in [0.1, 0.15) is 33.6 Å². The van der Waals surface area contributed by atoms with Gasteiger partial charge >= 0.3 is 5.97 Å². The van der Waals surface area contributed by atoms with Gasteiger partial charge in [0.2, 0.25) is 11.8 Å². The number of primary amides is 1.